The van der Waals surface area contributed by atoms with Gasteiger partial charge in [0.2, 0.25) is 0 Å². The minimum absolute atomic E-state index is 0.0718. The molecule has 0 radical (unpaired) electrons. The summed E-state index contributed by atoms with van der Waals surface area (Å²) < 4.78 is 24.9. The van der Waals surface area contributed by atoms with Gasteiger partial charge in [0, 0.05) is 21.3 Å². The van der Waals surface area contributed by atoms with Gasteiger partial charge in [0.1, 0.15) is 0 Å². The second-order valence-corrected chi connectivity index (χ2v) is 10.5. The fourth-order valence-corrected chi connectivity index (χ4v) is 7.18. The smallest absolute Gasteiger partial charge is 0.250 e. The summed E-state index contributed by atoms with van der Waals surface area (Å²) in [6.07, 6.45) is 0.735. The SMILES string of the molecule is CC[C@H](C)C(=O)N=C1S[C@H]2CS(=O)(=O)C[C@@H]2N1c1cccc(Br)c1. The molecule has 2 fully saturated rings. The molecule has 2 aliphatic heterocycles. The van der Waals surface area contributed by atoms with E-state index in [0.29, 0.717) is 5.17 Å². The Bertz CT molecular complexity index is 794. The van der Waals surface area contributed by atoms with Crippen LogP contribution in [0.5, 0.6) is 0 Å². The van der Waals surface area contributed by atoms with Crippen molar-refractivity contribution >= 4 is 54.3 Å². The normalized spacial score (nSPS) is 28.1. The van der Waals surface area contributed by atoms with Crippen LogP contribution in [-0.2, 0) is 14.6 Å². The molecule has 1 aromatic carbocycles. The van der Waals surface area contributed by atoms with Crippen molar-refractivity contribution < 1.29 is 13.2 Å². The van der Waals surface area contributed by atoms with Crippen LogP contribution in [0.15, 0.2) is 33.7 Å². The zero-order valence-corrected chi connectivity index (χ0v) is 16.7. The number of nitrogens with zero attached hydrogens (tertiary/aromatic N) is 2. The number of thioether (sulfide) groups is 1. The molecule has 3 atom stereocenters. The third-order valence-corrected chi connectivity index (χ3v) is 8.10. The minimum atomic E-state index is -3.04. The van der Waals surface area contributed by atoms with Crippen molar-refractivity contribution in [2.24, 2.45) is 10.9 Å². The molecule has 2 saturated heterocycles. The number of hydrogen-bond acceptors (Lipinski definition) is 4. The van der Waals surface area contributed by atoms with Crippen molar-refractivity contribution in [3.8, 4) is 0 Å². The van der Waals surface area contributed by atoms with E-state index in [1.54, 1.807) is 0 Å². The predicted octanol–water partition coefficient (Wildman–Crippen LogP) is 3.10. The van der Waals surface area contributed by atoms with Gasteiger partial charge in [-0.05, 0) is 24.6 Å². The van der Waals surface area contributed by atoms with Crippen molar-refractivity contribution in [2.45, 2.75) is 31.6 Å². The van der Waals surface area contributed by atoms with Crippen molar-refractivity contribution in [1.29, 1.82) is 0 Å². The molecule has 8 heteroatoms. The number of rotatable bonds is 3. The van der Waals surface area contributed by atoms with Gasteiger partial charge in [0.05, 0.1) is 17.5 Å². The maximum atomic E-state index is 12.3. The van der Waals surface area contributed by atoms with E-state index < -0.39 is 9.84 Å². The molecule has 24 heavy (non-hydrogen) atoms. The number of fused-ring (bicyclic) bond motifs is 1. The van der Waals surface area contributed by atoms with Gasteiger partial charge in [0.25, 0.3) is 5.91 Å². The maximum Gasteiger partial charge on any atom is 0.250 e. The van der Waals surface area contributed by atoms with Gasteiger partial charge in [-0.3, -0.25) is 4.79 Å². The lowest BCUT2D eigenvalue weighted by Crippen LogP contribution is -2.37. The monoisotopic (exact) mass is 430 g/mol. The van der Waals surface area contributed by atoms with Crippen molar-refractivity contribution in [1.82, 2.24) is 0 Å². The number of hydrogen-bond donors (Lipinski definition) is 0. The second-order valence-electron chi connectivity index (χ2n) is 6.19. The van der Waals surface area contributed by atoms with E-state index >= 15 is 0 Å². The van der Waals surface area contributed by atoms with Gasteiger partial charge in [-0.25, -0.2) is 8.42 Å². The lowest BCUT2D eigenvalue weighted by Gasteiger charge is -2.24. The molecule has 2 heterocycles. The molecular weight excluding hydrogens is 412 g/mol. The average Bonchev–Trinajstić information content (AvgIpc) is 2.97. The van der Waals surface area contributed by atoms with Crippen LogP contribution >= 0.6 is 27.7 Å². The highest BCUT2D eigenvalue weighted by Gasteiger charge is 2.49. The number of amidine groups is 1. The Labute approximate surface area is 155 Å². The van der Waals surface area contributed by atoms with E-state index in [0.717, 1.165) is 16.6 Å². The van der Waals surface area contributed by atoms with E-state index in [1.807, 2.05) is 43.0 Å². The van der Waals surface area contributed by atoms with E-state index in [2.05, 4.69) is 20.9 Å². The molecule has 0 bridgehead atoms. The first-order valence-corrected chi connectivity index (χ1v) is 11.3. The van der Waals surface area contributed by atoms with Gasteiger partial charge >= 0.3 is 0 Å². The van der Waals surface area contributed by atoms with Crippen LogP contribution in [0.2, 0.25) is 0 Å². The van der Waals surface area contributed by atoms with Crippen LogP contribution in [0.3, 0.4) is 0 Å². The van der Waals surface area contributed by atoms with Crippen LogP contribution < -0.4 is 4.90 Å². The number of carbonyl (C=O) groups excluding carboxylic acids is 1. The number of carbonyl (C=O) groups is 1. The molecule has 130 valence electrons. The third-order valence-electron chi connectivity index (χ3n) is 4.39. The summed E-state index contributed by atoms with van der Waals surface area (Å²) in [5.41, 5.74) is 0.858. The first-order valence-electron chi connectivity index (χ1n) is 7.85. The predicted molar refractivity (Wildman–Crippen MR) is 102 cm³/mol. The maximum absolute atomic E-state index is 12.3. The largest absolute Gasteiger partial charge is 0.316 e. The molecule has 3 rings (SSSR count). The Balaban J connectivity index is 2.00. The van der Waals surface area contributed by atoms with Crippen LogP contribution in [0.4, 0.5) is 5.69 Å². The van der Waals surface area contributed by atoms with Crippen molar-refractivity contribution in [2.75, 3.05) is 16.4 Å². The molecule has 0 spiro atoms. The molecule has 0 saturated carbocycles. The third kappa shape index (κ3) is 3.55. The van der Waals surface area contributed by atoms with E-state index in [9.17, 15) is 13.2 Å². The quantitative estimate of drug-likeness (QED) is 0.736. The molecule has 0 N–H and O–H groups in total. The van der Waals surface area contributed by atoms with Crippen LogP contribution in [0.25, 0.3) is 0 Å². The van der Waals surface area contributed by atoms with Gasteiger partial charge in [-0.1, -0.05) is 47.6 Å². The fourth-order valence-electron chi connectivity index (χ4n) is 2.87. The van der Waals surface area contributed by atoms with E-state index in [-0.39, 0.29) is 34.6 Å². The Kier molecular flexibility index (Phi) is 5.09. The molecule has 0 aromatic heterocycles. The summed E-state index contributed by atoms with van der Waals surface area (Å²) in [5.74, 6) is -0.0358. The zero-order valence-electron chi connectivity index (χ0n) is 13.5. The number of halogens is 1. The van der Waals surface area contributed by atoms with Gasteiger partial charge in [0.15, 0.2) is 15.0 Å². The summed E-state index contributed by atoms with van der Waals surface area (Å²) in [6.45, 7) is 3.82. The second kappa shape index (κ2) is 6.80. The van der Waals surface area contributed by atoms with Crippen LogP contribution in [-0.4, -0.2) is 42.3 Å². The number of sulfone groups is 1. The lowest BCUT2D eigenvalue weighted by molar-refractivity contribution is -0.121. The Morgan fingerprint density at radius 2 is 2.21 bits per heavy atom. The first kappa shape index (κ1) is 17.9. The molecule has 1 amide bonds. The zero-order chi connectivity index (χ0) is 17.5. The Morgan fingerprint density at radius 1 is 1.46 bits per heavy atom. The lowest BCUT2D eigenvalue weighted by atomic mass is 10.1. The number of aliphatic imine (C=N–C) groups is 1. The minimum Gasteiger partial charge on any atom is -0.316 e. The highest BCUT2D eigenvalue weighted by Crippen LogP contribution is 2.41. The van der Waals surface area contributed by atoms with Gasteiger partial charge in [-0.15, -0.1) is 0 Å². The number of anilines is 1. The molecular formula is C16H19BrN2O3S2. The highest BCUT2D eigenvalue weighted by atomic mass is 79.9. The van der Waals surface area contributed by atoms with E-state index in [1.165, 1.54) is 11.8 Å². The Hall–Kier alpha value is -0.860. The molecule has 2 aliphatic rings. The highest BCUT2D eigenvalue weighted by molar-refractivity contribution is 9.10. The van der Waals surface area contributed by atoms with Crippen molar-refractivity contribution in [3.05, 3.63) is 28.7 Å². The Morgan fingerprint density at radius 3 is 2.88 bits per heavy atom. The summed E-state index contributed by atoms with van der Waals surface area (Å²) in [7, 11) is -3.04. The first-order chi connectivity index (χ1) is 11.3. The van der Waals surface area contributed by atoms with Crippen molar-refractivity contribution in [3.63, 3.8) is 0 Å². The molecule has 0 aliphatic carbocycles. The summed E-state index contributed by atoms with van der Waals surface area (Å²) in [6, 6.07) is 7.49. The summed E-state index contributed by atoms with van der Waals surface area (Å²) in [4.78, 5) is 18.5. The van der Waals surface area contributed by atoms with E-state index in [4.69, 9.17) is 0 Å². The molecule has 0 unspecified atom stereocenters. The number of benzene rings is 1. The molecule has 1 aromatic rings. The van der Waals surface area contributed by atoms with Crippen LogP contribution in [0, 0.1) is 5.92 Å². The summed E-state index contributed by atoms with van der Waals surface area (Å²) in [5, 5.41) is 0.542. The number of amides is 1. The molecule has 5 nitrogen and oxygen atoms in total. The summed E-state index contributed by atoms with van der Waals surface area (Å²) >= 11 is 4.86. The topological polar surface area (TPSA) is 66.8 Å². The van der Waals surface area contributed by atoms with Gasteiger partial charge < -0.3 is 4.90 Å². The standard InChI is InChI=1S/C16H19BrN2O3S2/c1-3-10(2)15(20)18-16-19(12-6-4-5-11(17)7-12)13-8-24(21,22)9-14(13)23-16/h4-7,10,13-14H,3,8-9H2,1-2H3/t10-,13-,14-/m0/s1. The van der Waals surface area contributed by atoms with Gasteiger partial charge in [-0.2, -0.15) is 4.99 Å². The fraction of sp³-hybridized carbons (Fsp3) is 0.500. The average molecular weight is 431 g/mol. The van der Waals surface area contributed by atoms with Crippen LogP contribution in [0.1, 0.15) is 20.3 Å².